The lowest BCUT2D eigenvalue weighted by Crippen LogP contribution is -2.60. The van der Waals surface area contributed by atoms with Crippen molar-refractivity contribution in [2.75, 3.05) is 13.7 Å². The lowest BCUT2D eigenvalue weighted by molar-refractivity contribution is -0.277. The second kappa shape index (κ2) is 9.08. The summed E-state index contributed by atoms with van der Waals surface area (Å²) in [5.74, 6) is -0.273. The smallest absolute Gasteiger partial charge is 0.337 e. The summed E-state index contributed by atoms with van der Waals surface area (Å²) in [6.07, 6.45) is -7.03. The fourth-order valence-corrected chi connectivity index (χ4v) is 3.14. The van der Waals surface area contributed by atoms with Gasteiger partial charge in [0.25, 0.3) is 0 Å². The van der Waals surface area contributed by atoms with Gasteiger partial charge in [-0.25, -0.2) is 4.79 Å². The second-order valence-electron chi connectivity index (χ2n) is 6.53. The van der Waals surface area contributed by atoms with Crippen LogP contribution in [0.4, 0.5) is 0 Å². The molecule has 1 saturated heterocycles. The molecule has 1 fully saturated rings. The molecule has 1 aliphatic rings. The molecule has 0 radical (unpaired) electrons. The number of esters is 1. The van der Waals surface area contributed by atoms with Crippen LogP contribution < -0.4 is 4.74 Å². The maximum atomic E-state index is 11.6. The minimum Gasteiger partial charge on any atom is -0.465 e. The molecule has 2 aromatic rings. The Kier molecular flexibility index (Phi) is 6.74. The van der Waals surface area contributed by atoms with E-state index in [1.54, 1.807) is 42.5 Å². The molecule has 0 aliphatic carbocycles. The fourth-order valence-electron chi connectivity index (χ4n) is 2.98. The minimum absolute atomic E-state index is 0.172. The van der Waals surface area contributed by atoms with E-state index < -0.39 is 43.3 Å². The number of halogens is 1. The summed E-state index contributed by atoms with van der Waals surface area (Å²) in [5, 5.41) is 39.4. The van der Waals surface area contributed by atoms with Crippen molar-refractivity contribution in [3.05, 3.63) is 53.1 Å². The highest BCUT2D eigenvalue weighted by atomic mass is 35.5. The SMILES string of the molecule is COC(=O)c1ccc(-c2ccc(Cl)c(O[C@H]3OC(CO)[C@@H](O)[C@H](O)C3O)c2)cc1. The van der Waals surface area contributed by atoms with Crippen molar-refractivity contribution in [3.8, 4) is 16.9 Å². The number of ether oxygens (including phenoxy) is 3. The van der Waals surface area contributed by atoms with Gasteiger partial charge < -0.3 is 34.6 Å². The van der Waals surface area contributed by atoms with Crippen LogP contribution in [0, 0.1) is 0 Å². The molecule has 9 heteroatoms. The standard InChI is InChI=1S/C20H21ClO8/c1-27-19(26)11-4-2-10(3-5-11)12-6-7-13(21)14(8-12)28-20-18(25)17(24)16(23)15(9-22)29-20/h2-8,15-18,20,22-25H,9H2,1H3/t15?,16-,17+,18?,20+/m1/s1. The second-order valence-corrected chi connectivity index (χ2v) is 6.94. The first-order valence-corrected chi connectivity index (χ1v) is 9.19. The van der Waals surface area contributed by atoms with E-state index >= 15 is 0 Å². The van der Waals surface area contributed by atoms with Gasteiger partial charge in [-0.1, -0.05) is 29.8 Å². The highest BCUT2D eigenvalue weighted by Gasteiger charge is 2.44. The van der Waals surface area contributed by atoms with Crippen LogP contribution in [0.5, 0.6) is 5.75 Å². The van der Waals surface area contributed by atoms with Gasteiger partial charge in [0.1, 0.15) is 30.2 Å². The highest BCUT2D eigenvalue weighted by Crippen LogP contribution is 2.33. The Bertz CT molecular complexity index is 854. The van der Waals surface area contributed by atoms with Crippen molar-refractivity contribution in [1.29, 1.82) is 0 Å². The van der Waals surface area contributed by atoms with E-state index in [0.29, 0.717) is 11.1 Å². The Hall–Kier alpha value is -2.20. The molecule has 156 valence electrons. The van der Waals surface area contributed by atoms with E-state index in [9.17, 15) is 25.2 Å². The number of carbonyl (C=O) groups excluding carboxylic acids is 1. The van der Waals surface area contributed by atoms with Gasteiger partial charge in [0.2, 0.25) is 6.29 Å². The quantitative estimate of drug-likeness (QED) is 0.523. The minimum atomic E-state index is -1.56. The van der Waals surface area contributed by atoms with Crippen molar-refractivity contribution in [3.63, 3.8) is 0 Å². The molecule has 2 unspecified atom stereocenters. The summed E-state index contributed by atoms with van der Waals surface area (Å²) >= 11 is 6.19. The van der Waals surface area contributed by atoms with Gasteiger partial charge in [0, 0.05) is 0 Å². The largest absolute Gasteiger partial charge is 0.465 e. The van der Waals surface area contributed by atoms with Crippen LogP contribution in [0.25, 0.3) is 11.1 Å². The molecular formula is C20H21ClO8. The Morgan fingerprint density at radius 1 is 1.03 bits per heavy atom. The number of carbonyl (C=O) groups is 1. The highest BCUT2D eigenvalue weighted by molar-refractivity contribution is 6.32. The third kappa shape index (κ3) is 4.53. The van der Waals surface area contributed by atoms with Crippen molar-refractivity contribution in [1.82, 2.24) is 0 Å². The summed E-state index contributed by atoms with van der Waals surface area (Å²) in [6, 6.07) is 11.6. The first-order chi connectivity index (χ1) is 13.8. The first kappa shape index (κ1) is 21.5. The normalized spacial score (nSPS) is 26.8. The average molecular weight is 425 g/mol. The monoisotopic (exact) mass is 424 g/mol. The lowest BCUT2D eigenvalue weighted by atomic mass is 9.99. The van der Waals surface area contributed by atoms with Crippen LogP contribution in [-0.2, 0) is 9.47 Å². The summed E-state index contributed by atoms with van der Waals surface area (Å²) in [5.41, 5.74) is 1.89. The molecule has 1 heterocycles. The number of hydrogen-bond donors (Lipinski definition) is 4. The number of benzene rings is 2. The predicted octanol–water partition coefficient (Wildman–Crippen LogP) is 0.972. The zero-order chi connectivity index (χ0) is 21.1. The average Bonchev–Trinajstić information content (AvgIpc) is 2.75. The van der Waals surface area contributed by atoms with Crippen LogP contribution in [0.15, 0.2) is 42.5 Å². The summed E-state index contributed by atoms with van der Waals surface area (Å²) in [4.78, 5) is 11.6. The molecule has 0 amide bonds. The van der Waals surface area contributed by atoms with Crippen LogP contribution in [0.2, 0.25) is 5.02 Å². The van der Waals surface area contributed by atoms with Crippen molar-refractivity contribution in [2.45, 2.75) is 30.7 Å². The van der Waals surface area contributed by atoms with Crippen LogP contribution in [0.3, 0.4) is 0 Å². The zero-order valence-corrected chi connectivity index (χ0v) is 16.2. The fraction of sp³-hybridized carbons (Fsp3) is 0.350. The summed E-state index contributed by atoms with van der Waals surface area (Å²) < 4.78 is 15.7. The van der Waals surface area contributed by atoms with Gasteiger partial charge >= 0.3 is 5.97 Å². The Morgan fingerprint density at radius 2 is 1.69 bits per heavy atom. The Labute approximate surface area is 171 Å². The Morgan fingerprint density at radius 3 is 2.31 bits per heavy atom. The van der Waals surface area contributed by atoms with Crippen molar-refractivity contribution in [2.24, 2.45) is 0 Å². The molecule has 0 aromatic heterocycles. The van der Waals surface area contributed by atoms with E-state index in [2.05, 4.69) is 4.74 Å². The lowest BCUT2D eigenvalue weighted by Gasteiger charge is -2.39. The van der Waals surface area contributed by atoms with E-state index in [1.165, 1.54) is 7.11 Å². The van der Waals surface area contributed by atoms with Crippen LogP contribution in [-0.4, -0.2) is 70.8 Å². The molecular weight excluding hydrogens is 404 g/mol. The van der Waals surface area contributed by atoms with E-state index in [4.69, 9.17) is 21.1 Å². The number of hydrogen-bond acceptors (Lipinski definition) is 8. The predicted molar refractivity (Wildman–Crippen MR) is 103 cm³/mol. The van der Waals surface area contributed by atoms with Crippen molar-refractivity contribution >= 4 is 17.6 Å². The van der Waals surface area contributed by atoms with E-state index in [1.807, 2.05) is 0 Å². The molecule has 5 atom stereocenters. The van der Waals surface area contributed by atoms with Gasteiger partial charge in [-0.3, -0.25) is 0 Å². The van der Waals surface area contributed by atoms with E-state index in [0.717, 1.165) is 5.56 Å². The maximum Gasteiger partial charge on any atom is 0.337 e. The van der Waals surface area contributed by atoms with Gasteiger partial charge in [-0.15, -0.1) is 0 Å². The van der Waals surface area contributed by atoms with Crippen LogP contribution >= 0.6 is 11.6 Å². The van der Waals surface area contributed by atoms with Gasteiger partial charge in [0.05, 0.1) is 24.3 Å². The molecule has 0 spiro atoms. The molecule has 0 bridgehead atoms. The third-order valence-electron chi connectivity index (χ3n) is 4.66. The topological polar surface area (TPSA) is 126 Å². The van der Waals surface area contributed by atoms with Gasteiger partial charge in [-0.2, -0.15) is 0 Å². The van der Waals surface area contributed by atoms with Crippen molar-refractivity contribution < 1.29 is 39.4 Å². The third-order valence-corrected chi connectivity index (χ3v) is 4.97. The van der Waals surface area contributed by atoms with Gasteiger partial charge in [0.15, 0.2) is 0 Å². The molecule has 3 rings (SSSR count). The maximum absolute atomic E-state index is 11.6. The molecule has 2 aromatic carbocycles. The summed E-state index contributed by atoms with van der Waals surface area (Å²) in [7, 11) is 1.30. The summed E-state index contributed by atoms with van der Waals surface area (Å²) in [6.45, 7) is -0.564. The number of methoxy groups -OCH3 is 1. The molecule has 1 aliphatic heterocycles. The molecule has 4 N–H and O–H groups in total. The van der Waals surface area contributed by atoms with Crippen LogP contribution in [0.1, 0.15) is 10.4 Å². The zero-order valence-electron chi connectivity index (χ0n) is 15.4. The number of aliphatic hydroxyl groups is 4. The molecule has 0 saturated carbocycles. The van der Waals surface area contributed by atoms with Gasteiger partial charge in [-0.05, 0) is 35.4 Å². The Balaban J connectivity index is 1.83. The molecule has 29 heavy (non-hydrogen) atoms. The van der Waals surface area contributed by atoms with E-state index in [-0.39, 0.29) is 10.8 Å². The molecule has 8 nitrogen and oxygen atoms in total. The first-order valence-electron chi connectivity index (χ1n) is 8.81. The number of aliphatic hydroxyl groups excluding tert-OH is 4. The number of rotatable bonds is 5.